The van der Waals surface area contributed by atoms with Crippen molar-refractivity contribution >= 4 is 35.3 Å². The highest BCUT2D eigenvalue weighted by atomic mass is 16.7. The van der Waals surface area contributed by atoms with Crippen LogP contribution in [-0.4, -0.2) is 85.7 Å². The Kier molecular flexibility index (Phi) is 19.8. The van der Waals surface area contributed by atoms with Crippen LogP contribution >= 0.6 is 0 Å². The highest BCUT2D eigenvalue weighted by Crippen LogP contribution is 2.59. The van der Waals surface area contributed by atoms with E-state index in [0.29, 0.717) is 133 Å². The zero-order valence-electron chi connectivity index (χ0n) is 45.4. The van der Waals surface area contributed by atoms with E-state index in [0.717, 1.165) is 38.5 Å². The Morgan fingerprint density at radius 2 is 0.528 bits per heavy atom. The SMILES string of the molecule is CC[C@H]1CC[C@H](C(=O)O[C@@]2(C(=O)[C@H]3CC[C@H](CC)CC3)[C@@](OC(=O)[C@H]3CC[C@H](CC)CC3)(C(=O)[C@H]3CC[C@H](CC)CC3)[C@@H](O)[C@H](O)[C@@H](O)[C@@]2(OC(=O)[C@H]2CC[C@H](CC)CC2)C(=O)[C@H]2CC[C@H](CC)CC2)CC1. The van der Waals surface area contributed by atoms with Crippen LogP contribution < -0.4 is 0 Å². The highest BCUT2D eigenvalue weighted by molar-refractivity contribution is 6.12. The van der Waals surface area contributed by atoms with Crippen molar-refractivity contribution in [3.63, 3.8) is 0 Å². The molecule has 0 amide bonds. The molecule has 0 aromatic carbocycles. The van der Waals surface area contributed by atoms with Gasteiger partial charge in [-0.1, -0.05) is 80.1 Å². The molecule has 7 fully saturated rings. The van der Waals surface area contributed by atoms with Gasteiger partial charge in [-0.3, -0.25) is 28.8 Å². The summed E-state index contributed by atoms with van der Waals surface area (Å²) in [6.45, 7) is 12.6. The number of hydrogen-bond acceptors (Lipinski definition) is 12. The molecule has 3 N–H and O–H groups in total. The monoisotopic (exact) mass is 1010 g/mol. The van der Waals surface area contributed by atoms with Crippen molar-refractivity contribution in [3.8, 4) is 0 Å². The second-order valence-corrected chi connectivity index (χ2v) is 24.6. The molecule has 7 rings (SSSR count). The first-order chi connectivity index (χ1) is 34.6. The van der Waals surface area contributed by atoms with Gasteiger partial charge in [0.05, 0.1) is 17.8 Å². The van der Waals surface area contributed by atoms with Crippen molar-refractivity contribution in [2.24, 2.45) is 71.0 Å². The molecule has 12 heteroatoms. The van der Waals surface area contributed by atoms with Gasteiger partial charge < -0.3 is 29.5 Å². The van der Waals surface area contributed by atoms with Crippen LogP contribution in [0.3, 0.4) is 0 Å². The average Bonchev–Trinajstić information content (AvgIpc) is 3.43. The summed E-state index contributed by atoms with van der Waals surface area (Å²) in [7, 11) is 0. The molecule has 408 valence electrons. The zero-order valence-corrected chi connectivity index (χ0v) is 45.4. The second kappa shape index (κ2) is 25.0. The molecule has 0 spiro atoms. The first-order valence-electron chi connectivity index (χ1n) is 29.9. The van der Waals surface area contributed by atoms with Crippen molar-refractivity contribution in [2.45, 2.75) is 269 Å². The molecule has 0 aliphatic heterocycles. The van der Waals surface area contributed by atoms with Gasteiger partial charge in [0.25, 0.3) is 5.60 Å². The van der Waals surface area contributed by atoms with E-state index in [1.165, 1.54) is 0 Å². The molecule has 0 aromatic rings. The van der Waals surface area contributed by atoms with E-state index in [1.54, 1.807) is 0 Å². The number of ketones is 3. The summed E-state index contributed by atoms with van der Waals surface area (Å²) in [6.07, 6.45) is 9.53. The molecule has 7 saturated carbocycles. The summed E-state index contributed by atoms with van der Waals surface area (Å²) in [5, 5.41) is 39.6. The molecule has 7 aliphatic carbocycles. The first-order valence-corrected chi connectivity index (χ1v) is 29.9. The smallest absolute Gasteiger partial charge is 0.310 e. The number of hydrogen-bond donors (Lipinski definition) is 3. The fraction of sp³-hybridized carbons (Fsp3) is 0.900. The summed E-state index contributed by atoms with van der Waals surface area (Å²) >= 11 is 0. The maximum Gasteiger partial charge on any atom is 0.310 e. The minimum atomic E-state index is -3.41. The van der Waals surface area contributed by atoms with Crippen LogP contribution in [0.5, 0.6) is 0 Å². The lowest BCUT2D eigenvalue weighted by molar-refractivity contribution is -0.329. The standard InChI is InChI=1S/C60H96O12/c1-7-37-13-25-43(26-14-37)50(62)58(70-55(67)46-31-19-40(10-4)20-32-46)53(65)49(61)54(66)59(51(63)44-27-15-38(8-2)16-28-44,71-56(68)47-33-21-41(11-5)22-34-47)60(58,52(64)45-29-17-39(9-3)18-30-45)72-57(69)48-35-23-42(12-6)24-36-48/h37-49,53-54,61,65-66H,7-36H2,1-6H3/t37-,38-,39-,40-,41-,42-,43-,44-,45-,46-,47-,48-,49-,53-,54+,58+,59-,60-. The number of aliphatic hydroxyl groups excluding tert-OH is 3. The lowest BCUT2D eigenvalue weighted by atomic mass is 9.49. The molecular weight excluding hydrogens is 913 g/mol. The first kappa shape index (κ1) is 57.0. The van der Waals surface area contributed by atoms with Crippen molar-refractivity contribution in [1.82, 2.24) is 0 Å². The minimum Gasteiger partial charge on any atom is -0.443 e. The van der Waals surface area contributed by atoms with Crippen LogP contribution in [0.15, 0.2) is 0 Å². The van der Waals surface area contributed by atoms with E-state index in [-0.39, 0.29) is 56.3 Å². The number of ether oxygens (including phenoxy) is 3. The molecule has 72 heavy (non-hydrogen) atoms. The number of carbonyl (C=O) groups is 6. The van der Waals surface area contributed by atoms with E-state index in [1.807, 2.05) is 0 Å². The van der Waals surface area contributed by atoms with Gasteiger partial charge in [-0.05, 0) is 190 Å². The fourth-order valence-corrected chi connectivity index (χ4v) is 15.4. The molecule has 0 heterocycles. The summed E-state index contributed by atoms with van der Waals surface area (Å²) in [4.78, 5) is 97.6. The molecular formula is C60H96O12. The molecule has 7 aliphatic rings. The third-order valence-electron chi connectivity index (χ3n) is 21.0. The largest absolute Gasteiger partial charge is 0.443 e. The Bertz CT molecular complexity index is 1740. The van der Waals surface area contributed by atoms with Crippen LogP contribution in [-0.2, 0) is 43.0 Å². The number of aliphatic hydroxyl groups is 3. The van der Waals surface area contributed by atoms with Crippen LogP contribution in [0.1, 0.15) is 234 Å². The Hall–Kier alpha value is -2.70. The van der Waals surface area contributed by atoms with Crippen molar-refractivity contribution in [2.75, 3.05) is 0 Å². The van der Waals surface area contributed by atoms with Gasteiger partial charge in [0.1, 0.15) is 18.3 Å². The lowest BCUT2D eigenvalue weighted by Gasteiger charge is -2.63. The van der Waals surface area contributed by atoms with Crippen molar-refractivity contribution < 1.29 is 58.3 Å². The van der Waals surface area contributed by atoms with Gasteiger partial charge in [0.15, 0.2) is 17.3 Å². The highest BCUT2D eigenvalue weighted by Gasteiger charge is 2.89. The molecule has 0 unspecified atom stereocenters. The third kappa shape index (κ3) is 11.0. The number of esters is 3. The molecule has 0 aromatic heterocycles. The number of Topliss-reactive ketones (excluding diaryl/α,β-unsaturated/α-hetero) is 3. The van der Waals surface area contributed by atoms with Gasteiger partial charge in [-0.2, -0.15) is 0 Å². The molecule has 0 saturated heterocycles. The quantitative estimate of drug-likeness (QED) is 0.0871. The van der Waals surface area contributed by atoms with E-state index < -0.39 is 106 Å². The Morgan fingerprint density at radius 3 is 0.764 bits per heavy atom. The van der Waals surface area contributed by atoms with E-state index >= 15 is 28.8 Å². The molecule has 12 nitrogen and oxygen atoms in total. The molecule has 0 bridgehead atoms. The van der Waals surface area contributed by atoms with Crippen LogP contribution in [0, 0.1) is 71.0 Å². The summed E-state index contributed by atoms with van der Waals surface area (Å²) in [6, 6.07) is 0. The predicted octanol–water partition coefficient (Wildman–Crippen LogP) is 10.9. The lowest BCUT2D eigenvalue weighted by Crippen LogP contribution is -2.92. The number of carbonyl (C=O) groups excluding carboxylic acids is 6. The van der Waals surface area contributed by atoms with Crippen LogP contribution in [0.25, 0.3) is 0 Å². The summed E-state index contributed by atoms with van der Waals surface area (Å²) in [5.74, 6) is -8.99. The number of rotatable bonds is 18. The molecule has 0 radical (unpaired) electrons. The average molecular weight is 1010 g/mol. The minimum absolute atomic E-state index is 0.259. The van der Waals surface area contributed by atoms with E-state index in [9.17, 15) is 15.3 Å². The van der Waals surface area contributed by atoms with E-state index in [2.05, 4.69) is 41.5 Å². The van der Waals surface area contributed by atoms with Gasteiger partial charge >= 0.3 is 17.9 Å². The maximum atomic E-state index is 17.2. The zero-order chi connectivity index (χ0) is 52.0. The van der Waals surface area contributed by atoms with E-state index in [4.69, 9.17) is 14.2 Å². The van der Waals surface area contributed by atoms with Crippen molar-refractivity contribution in [1.29, 1.82) is 0 Å². The Balaban J connectivity index is 1.55. The Labute approximate surface area is 432 Å². The van der Waals surface area contributed by atoms with Gasteiger partial charge in [-0.15, -0.1) is 0 Å². The van der Waals surface area contributed by atoms with Gasteiger partial charge in [0.2, 0.25) is 11.2 Å². The predicted molar refractivity (Wildman–Crippen MR) is 274 cm³/mol. The second-order valence-electron chi connectivity index (χ2n) is 24.6. The van der Waals surface area contributed by atoms with Crippen molar-refractivity contribution in [3.05, 3.63) is 0 Å². The van der Waals surface area contributed by atoms with Gasteiger partial charge in [0, 0.05) is 17.8 Å². The topological polar surface area (TPSA) is 191 Å². The van der Waals surface area contributed by atoms with Crippen LogP contribution in [0.2, 0.25) is 0 Å². The third-order valence-corrected chi connectivity index (χ3v) is 21.0. The molecule has 6 atom stereocenters. The normalized spacial score (nSPS) is 41.9. The van der Waals surface area contributed by atoms with Gasteiger partial charge in [-0.25, -0.2) is 0 Å². The fourth-order valence-electron chi connectivity index (χ4n) is 15.4. The van der Waals surface area contributed by atoms with Crippen LogP contribution in [0.4, 0.5) is 0 Å². The Morgan fingerprint density at radius 1 is 0.319 bits per heavy atom. The maximum absolute atomic E-state index is 17.2. The summed E-state index contributed by atoms with van der Waals surface area (Å²) < 4.78 is 20.9. The summed E-state index contributed by atoms with van der Waals surface area (Å²) in [5.41, 5.74) is -10.00.